The minimum absolute atomic E-state index is 0.0253. The lowest BCUT2D eigenvalue weighted by Crippen LogP contribution is -2.30. The Balaban J connectivity index is 2.57. The maximum absolute atomic E-state index is 11.7. The highest BCUT2D eigenvalue weighted by Crippen LogP contribution is 2.02. The second kappa shape index (κ2) is 5.36. The van der Waals surface area contributed by atoms with Crippen LogP contribution in [-0.4, -0.2) is 31.0 Å². The Labute approximate surface area is 83.2 Å². The first-order valence-corrected chi connectivity index (χ1v) is 4.38. The van der Waals surface area contributed by atoms with Crippen LogP contribution in [0.4, 0.5) is 0 Å². The Kier molecular flexibility index (Phi) is 4.10. The summed E-state index contributed by atoms with van der Waals surface area (Å²) in [4.78, 5) is 17.7. The topological polar surface area (TPSA) is 55.6 Å². The number of hydrogen-bond acceptors (Lipinski definition) is 3. The molecule has 0 fully saturated rings. The third-order valence-electron chi connectivity index (χ3n) is 1.91. The van der Waals surface area contributed by atoms with E-state index >= 15 is 0 Å². The lowest BCUT2D eigenvalue weighted by atomic mass is 10.2. The Bertz CT molecular complexity index is 287. The van der Waals surface area contributed by atoms with Crippen molar-refractivity contribution < 1.29 is 9.63 Å². The summed E-state index contributed by atoms with van der Waals surface area (Å²) in [6, 6.07) is 9.10. The molecule has 14 heavy (non-hydrogen) atoms. The Morgan fingerprint density at radius 2 is 2.07 bits per heavy atom. The molecule has 1 rings (SSSR count). The summed E-state index contributed by atoms with van der Waals surface area (Å²) < 4.78 is 0. The zero-order chi connectivity index (χ0) is 10.4. The van der Waals surface area contributed by atoms with Crippen LogP contribution in [0, 0.1) is 0 Å². The lowest BCUT2D eigenvalue weighted by molar-refractivity contribution is 0.0697. The summed E-state index contributed by atoms with van der Waals surface area (Å²) in [5.74, 6) is 4.85. The first kappa shape index (κ1) is 10.7. The summed E-state index contributed by atoms with van der Waals surface area (Å²) in [6.07, 6.45) is 0. The van der Waals surface area contributed by atoms with E-state index in [1.165, 1.54) is 0 Å². The molecule has 0 bridgehead atoms. The van der Waals surface area contributed by atoms with E-state index in [1.54, 1.807) is 24.1 Å². The molecule has 76 valence electrons. The van der Waals surface area contributed by atoms with Crippen molar-refractivity contribution in [1.29, 1.82) is 0 Å². The van der Waals surface area contributed by atoms with Crippen LogP contribution in [-0.2, 0) is 4.84 Å². The summed E-state index contributed by atoms with van der Waals surface area (Å²) >= 11 is 0. The van der Waals surface area contributed by atoms with Gasteiger partial charge in [-0.2, -0.15) is 0 Å². The standard InChI is InChI=1S/C10H14N2O2/c1-12(7-8-14-11)10(13)9-5-3-2-4-6-9/h2-6H,7-8,11H2,1H3. The van der Waals surface area contributed by atoms with Gasteiger partial charge in [0.2, 0.25) is 0 Å². The molecule has 2 N–H and O–H groups in total. The molecule has 0 radical (unpaired) electrons. The van der Waals surface area contributed by atoms with Gasteiger partial charge in [-0.1, -0.05) is 18.2 Å². The van der Waals surface area contributed by atoms with Crippen LogP contribution in [0.3, 0.4) is 0 Å². The molecule has 1 aromatic carbocycles. The van der Waals surface area contributed by atoms with Gasteiger partial charge >= 0.3 is 0 Å². The van der Waals surface area contributed by atoms with Crippen molar-refractivity contribution >= 4 is 5.91 Å². The fourth-order valence-electron chi connectivity index (χ4n) is 1.09. The van der Waals surface area contributed by atoms with Crippen LogP contribution in [0.25, 0.3) is 0 Å². The molecule has 0 aromatic heterocycles. The monoisotopic (exact) mass is 194 g/mol. The van der Waals surface area contributed by atoms with Crippen molar-refractivity contribution in [2.24, 2.45) is 5.90 Å². The van der Waals surface area contributed by atoms with Gasteiger partial charge in [0.05, 0.1) is 6.61 Å². The van der Waals surface area contributed by atoms with Gasteiger partial charge in [-0.3, -0.25) is 4.79 Å². The third-order valence-corrected chi connectivity index (χ3v) is 1.91. The number of likely N-dealkylation sites (N-methyl/N-ethyl adjacent to an activating group) is 1. The van der Waals surface area contributed by atoms with Crippen molar-refractivity contribution in [3.63, 3.8) is 0 Å². The average molecular weight is 194 g/mol. The molecule has 0 aliphatic rings. The minimum atomic E-state index is -0.0253. The van der Waals surface area contributed by atoms with Gasteiger partial charge in [-0.05, 0) is 12.1 Å². The van der Waals surface area contributed by atoms with Crippen molar-refractivity contribution in [2.45, 2.75) is 0 Å². The predicted octanol–water partition coefficient (Wildman–Crippen LogP) is 0.649. The van der Waals surface area contributed by atoms with Gasteiger partial charge in [-0.15, -0.1) is 0 Å². The van der Waals surface area contributed by atoms with E-state index in [2.05, 4.69) is 4.84 Å². The first-order valence-electron chi connectivity index (χ1n) is 4.38. The zero-order valence-corrected chi connectivity index (χ0v) is 8.14. The fraction of sp³-hybridized carbons (Fsp3) is 0.300. The number of nitrogens with zero attached hydrogens (tertiary/aromatic N) is 1. The molecule has 0 spiro atoms. The van der Waals surface area contributed by atoms with Crippen LogP contribution in [0.15, 0.2) is 30.3 Å². The number of amides is 1. The molecule has 0 saturated carbocycles. The van der Waals surface area contributed by atoms with Crippen LogP contribution in [0.2, 0.25) is 0 Å². The maximum atomic E-state index is 11.7. The highest BCUT2D eigenvalue weighted by molar-refractivity contribution is 5.93. The van der Waals surface area contributed by atoms with Crippen molar-refractivity contribution in [2.75, 3.05) is 20.2 Å². The normalized spacial score (nSPS) is 9.86. The Hall–Kier alpha value is -1.39. The van der Waals surface area contributed by atoms with Gasteiger partial charge in [0.15, 0.2) is 0 Å². The van der Waals surface area contributed by atoms with Crippen LogP contribution in [0.5, 0.6) is 0 Å². The summed E-state index contributed by atoms with van der Waals surface area (Å²) in [5.41, 5.74) is 0.673. The Morgan fingerprint density at radius 1 is 1.43 bits per heavy atom. The highest BCUT2D eigenvalue weighted by atomic mass is 16.6. The van der Waals surface area contributed by atoms with Crippen molar-refractivity contribution in [3.8, 4) is 0 Å². The highest BCUT2D eigenvalue weighted by Gasteiger charge is 2.09. The predicted molar refractivity (Wildman–Crippen MR) is 53.5 cm³/mol. The number of hydrogen-bond donors (Lipinski definition) is 1. The zero-order valence-electron chi connectivity index (χ0n) is 8.14. The molecular formula is C10H14N2O2. The molecule has 0 saturated heterocycles. The van der Waals surface area contributed by atoms with E-state index in [0.717, 1.165) is 0 Å². The number of rotatable bonds is 4. The quantitative estimate of drug-likeness (QED) is 0.716. The van der Waals surface area contributed by atoms with Crippen LogP contribution >= 0.6 is 0 Å². The minimum Gasteiger partial charge on any atom is -0.339 e. The molecule has 0 heterocycles. The fourth-order valence-corrected chi connectivity index (χ4v) is 1.09. The second-order valence-electron chi connectivity index (χ2n) is 2.96. The van der Waals surface area contributed by atoms with E-state index in [9.17, 15) is 4.79 Å². The summed E-state index contributed by atoms with van der Waals surface area (Å²) in [5, 5.41) is 0. The van der Waals surface area contributed by atoms with Crippen LogP contribution < -0.4 is 5.90 Å². The average Bonchev–Trinajstić information content (AvgIpc) is 2.26. The van der Waals surface area contributed by atoms with E-state index in [4.69, 9.17) is 5.90 Å². The Morgan fingerprint density at radius 3 is 2.64 bits per heavy atom. The van der Waals surface area contributed by atoms with E-state index in [0.29, 0.717) is 18.7 Å². The van der Waals surface area contributed by atoms with Crippen molar-refractivity contribution in [3.05, 3.63) is 35.9 Å². The molecule has 1 amide bonds. The molecule has 0 atom stereocenters. The molecular weight excluding hydrogens is 180 g/mol. The second-order valence-corrected chi connectivity index (χ2v) is 2.96. The molecule has 0 aliphatic carbocycles. The lowest BCUT2D eigenvalue weighted by Gasteiger charge is -2.15. The molecule has 0 unspecified atom stereocenters. The number of carbonyl (C=O) groups is 1. The number of benzene rings is 1. The largest absolute Gasteiger partial charge is 0.339 e. The maximum Gasteiger partial charge on any atom is 0.253 e. The number of nitrogens with two attached hydrogens (primary N) is 1. The molecule has 4 nitrogen and oxygen atoms in total. The van der Waals surface area contributed by atoms with Crippen LogP contribution in [0.1, 0.15) is 10.4 Å². The smallest absolute Gasteiger partial charge is 0.253 e. The van der Waals surface area contributed by atoms with Gasteiger partial charge in [0, 0.05) is 19.2 Å². The molecule has 0 aliphatic heterocycles. The van der Waals surface area contributed by atoms with E-state index in [-0.39, 0.29) is 5.91 Å². The first-order chi connectivity index (χ1) is 6.75. The van der Waals surface area contributed by atoms with E-state index < -0.39 is 0 Å². The van der Waals surface area contributed by atoms with Crippen molar-refractivity contribution in [1.82, 2.24) is 4.90 Å². The third kappa shape index (κ3) is 2.83. The summed E-state index contributed by atoms with van der Waals surface area (Å²) in [7, 11) is 1.72. The molecule has 4 heteroatoms. The number of carbonyl (C=O) groups excluding carboxylic acids is 1. The van der Waals surface area contributed by atoms with Gasteiger partial charge in [-0.25, -0.2) is 5.90 Å². The molecule has 1 aromatic rings. The van der Waals surface area contributed by atoms with E-state index in [1.807, 2.05) is 18.2 Å². The van der Waals surface area contributed by atoms with Gasteiger partial charge in [0.25, 0.3) is 5.91 Å². The summed E-state index contributed by atoms with van der Waals surface area (Å²) in [6.45, 7) is 0.833. The SMILES string of the molecule is CN(CCON)C(=O)c1ccccc1. The van der Waals surface area contributed by atoms with Gasteiger partial charge < -0.3 is 9.74 Å². The van der Waals surface area contributed by atoms with Gasteiger partial charge in [0.1, 0.15) is 0 Å².